The number of alkyl halides is 1. The Kier molecular flexibility index (Phi) is 4.00. The van der Waals surface area contributed by atoms with Crippen LogP contribution in [0, 0.1) is 5.92 Å². The topological polar surface area (TPSA) is 30.7 Å². The Balaban J connectivity index is 2.06. The molecule has 90 valence electrons. The molecule has 3 nitrogen and oxygen atoms in total. The molecule has 1 aromatic heterocycles. The number of hydrogen-bond donors (Lipinski definition) is 0. The van der Waals surface area contributed by atoms with Crippen LogP contribution >= 0.6 is 15.9 Å². The van der Waals surface area contributed by atoms with Crippen LogP contribution in [0.4, 0.5) is 0 Å². The summed E-state index contributed by atoms with van der Waals surface area (Å²) in [7, 11) is 0. The van der Waals surface area contributed by atoms with Crippen molar-refractivity contribution in [3.05, 3.63) is 11.9 Å². The first kappa shape index (κ1) is 12.1. The average Bonchev–Trinajstić information content (AvgIpc) is 2.77. The molecule has 1 aromatic rings. The van der Waals surface area contributed by atoms with Crippen LogP contribution in [0.5, 0.6) is 0 Å². The van der Waals surface area contributed by atoms with Gasteiger partial charge in [-0.25, -0.2) is 4.68 Å². The molecule has 1 aliphatic rings. The first-order valence-electron chi connectivity index (χ1n) is 6.26. The monoisotopic (exact) mass is 285 g/mol. The normalized spacial score (nSPS) is 27.9. The van der Waals surface area contributed by atoms with Gasteiger partial charge in [0.05, 0.1) is 16.6 Å². The van der Waals surface area contributed by atoms with E-state index in [0.717, 1.165) is 18.0 Å². The van der Waals surface area contributed by atoms with Crippen LogP contribution in [0.25, 0.3) is 0 Å². The lowest BCUT2D eigenvalue weighted by Crippen LogP contribution is -2.18. The molecule has 0 radical (unpaired) electrons. The molecule has 3 unspecified atom stereocenters. The highest BCUT2D eigenvalue weighted by Gasteiger charge is 2.22. The Hall–Kier alpha value is -0.380. The molecule has 0 aliphatic heterocycles. The molecule has 16 heavy (non-hydrogen) atoms. The fourth-order valence-electron chi connectivity index (χ4n) is 2.46. The number of halogens is 1. The molecular weight excluding hydrogens is 266 g/mol. The van der Waals surface area contributed by atoms with Crippen molar-refractivity contribution in [1.82, 2.24) is 15.0 Å². The molecule has 0 amide bonds. The lowest BCUT2D eigenvalue weighted by atomic mass is 9.87. The van der Waals surface area contributed by atoms with Gasteiger partial charge in [0.25, 0.3) is 0 Å². The van der Waals surface area contributed by atoms with Gasteiger partial charge < -0.3 is 0 Å². The first-order valence-corrected chi connectivity index (χ1v) is 7.18. The summed E-state index contributed by atoms with van der Waals surface area (Å²) in [6, 6.07) is 0.571. The molecule has 1 fully saturated rings. The van der Waals surface area contributed by atoms with E-state index in [0.29, 0.717) is 10.9 Å². The Morgan fingerprint density at radius 1 is 1.56 bits per heavy atom. The highest BCUT2D eigenvalue weighted by atomic mass is 79.9. The van der Waals surface area contributed by atoms with E-state index in [4.69, 9.17) is 0 Å². The maximum absolute atomic E-state index is 4.28. The van der Waals surface area contributed by atoms with Crippen LogP contribution in [0.2, 0.25) is 0 Å². The second-order valence-electron chi connectivity index (χ2n) is 4.92. The van der Waals surface area contributed by atoms with E-state index in [-0.39, 0.29) is 0 Å². The molecule has 3 atom stereocenters. The summed E-state index contributed by atoms with van der Waals surface area (Å²) < 4.78 is 2.08. The number of hydrogen-bond acceptors (Lipinski definition) is 2. The predicted octanol–water partition coefficient (Wildman–Crippen LogP) is 3.88. The van der Waals surface area contributed by atoms with Gasteiger partial charge >= 0.3 is 0 Å². The molecule has 2 rings (SSSR count). The third-order valence-corrected chi connectivity index (χ3v) is 4.61. The van der Waals surface area contributed by atoms with Gasteiger partial charge in [-0.1, -0.05) is 47.8 Å². The van der Waals surface area contributed by atoms with E-state index in [1.807, 2.05) is 0 Å². The van der Waals surface area contributed by atoms with E-state index >= 15 is 0 Å². The second kappa shape index (κ2) is 5.30. The zero-order chi connectivity index (χ0) is 11.5. The Bertz CT molecular complexity index is 337. The van der Waals surface area contributed by atoms with Gasteiger partial charge in [-0.2, -0.15) is 0 Å². The van der Waals surface area contributed by atoms with Crippen molar-refractivity contribution >= 4 is 15.9 Å². The Labute approximate surface area is 106 Å². The summed E-state index contributed by atoms with van der Waals surface area (Å²) in [5, 5.41) is 8.53. The van der Waals surface area contributed by atoms with Crippen molar-refractivity contribution in [3.63, 3.8) is 0 Å². The zero-order valence-electron chi connectivity index (χ0n) is 10.1. The van der Waals surface area contributed by atoms with E-state index in [2.05, 4.69) is 51.0 Å². The molecule has 4 heteroatoms. The number of aromatic nitrogens is 3. The van der Waals surface area contributed by atoms with Crippen LogP contribution in [0.1, 0.15) is 62.5 Å². The smallest absolute Gasteiger partial charge is 0.0963 e. The lowest BCUT2D eigenvalue weighted by molar-refractivity contribution is 0.263. The van der Waals surface area contributed by atoms with Crippen molar-refractivity contribution in [2.45, 2.75) is 56.8 Å². The van der Waals surface area contributed by atoms with Crippen LogP contribution in [0.3, 0.4) is 0 Å². The van der Waals surface area contributed by atoms with Crippen LogP contribution < -0.4 is 0 Å². The first-order chi connectivity index (χ1) is 7.70. The van der Waals surface area contributed by atoms with Gasteiger partial charge in [0.15, 0.2) is 0 Å². The van der Waals surface area contributed by atoms with Gasteiger partial charge in [0.1, 0.15) is 0 Å². The lowest BCUT2D eigenvalue weighted by Gasteiger charge is -2.26. The summed E-state index contributed by atoms with van der Waals surface area (Å²) in [5.41, 5.74) is 1.07. The predicted molar refractivity (Wildman–Crippen MR) is 68.7 cm³/mol. The standard InChI is InChI=1S/C12H20BrN3/c1-3-11(13)12-8-16(15-14-12)10-6-4-5-9(2)7-10/h8-11H,3-7H2,1-2H3. The van der Waals surface area contributed by atoms with Gasteiger partial charge in [-0.05, 0) is 25.2 Å². The van der Waals surface area contributed by atoms with E-state index in [1.165, 1.54) is 25.7 Å². The minimum atomic E-state index is 0.349. The largest absolute Gasteiger partial charge is 0.249 e. The molecular formula is C12H20BrN3. The summed E-state index contributed by atoms with van der Waals surface area (Å²) in [4.78, 5) is 0.349. The molecule has 1 heterocycles. The number of nitrogens with zero attached hydrogens (tertiary/aromatic N) is 3. The number of rotatable bonds is 3. The third kappa shape index (κ3) is 2.65. The average molecular weight is 286 g/mol. The summed E-state index contributed by atoms with van der Waals surface area (Å²) in [6.45, 7) is 4.49. The van der Waals surface area contributed by atoms with Crippen molar-refractivity contribution < 1.29 is 0 Å². The Morgan fingerprint density at radius 2 is 2.38 bits per heavy atom. The molecule has 0 spiro atoms. The second-order valence-corrected chi connectivity index (χ2v) is 6.03. The van der Waals surface area contributed by atoms with Crippen molar-refractivity contribution in [3.8, 4) is 0 Å². The maximum atomic E-state index is 4.28. The van der Waals surface area contributed by atoms with Gasteiger partial charge in [0.2, 0.25) is 0 Å². The molecule has 0 aromatic carbocycles. The van der Waals surface area contributed by atoms with E-state index < -0.39 is 0 Å². The minimum Gasteiger partial charge on any atom is -0.249 e. The highest BCUT2D eigenvalue weighted by Crippen LogP contribution is 2.32. The quantitative estimate of drug-likeness (QED) is 0.790. The minimum absolute atomic E-state index is 0.349. The van der Waals surface area contributed by atoms with Crippen molar-refractivity contribution in [2.75, 3.05) is 0 Å². The fourth-order valence-corrected chi connectivity index (χ4v) is 2.67. The SMILES string of the molecule is CCC(Br)c1cn(C2CCCC(C)C2)nn1. The van der Waals surface area contributed by atoms with Crippen molar-refractivity contribution in [2.24, 2.45) is 5.92 Å². The molecule has 1 saturated carbocycles. The van der Waals surface area contributed by atoms with E-state index in [9.17, 15) is 0 Å². The molecule has 1 aliphatic carbocycles. The van der Waals surface area contributed by atoms with Crippen molar-refractivity contribution in [1.29, 1.82) is 0 Å². The molecule has 0 saturated heterocycles. The highest BCUT2D eigenvalue weighted by molar-refractivity contribution is 9.09. The fraction of sp³-hybridized carbons (Fsp3) is 0.833. The third-order valence-electron chi connectivity index (χ3n) is 3.49. The van der Waals surface area contributed by atoms with Gasteiger partial charge in [-0.3, -0.25) is 0 Å². The molecule has 0 bridgehead atoms. The summed E-state index contributed by atoms with van der Waals surface area (Å²) >= 11 is 3.62. The Morgan fingerprint density at radius 3 is 3.06 bits per heavy atom. The molecule has 0 N–H and O–H groups in total. The van der Waals surface area contributed by atoms with Crippen LogP contribution in [-0.4, -0.2) is 15.0 Å². The maximum Gasteiger partial charge on any atom is 0.0963 e. The van der Waals surface area contributed by atoms with Gasteiger partial charge in [0, 0.05) is 6.20 Å². The van der Waals surface area contributed by atoms with E-state index in [1.54, 1.807) is 0 Å². The summed E-state index contributed by atoms with van der Waals surface area (Å²) in [6.07, 6.45) is 8.38. The van der Waals surface area contributed by atoms with Crippen LogP contribution in [0.15, 0.2) is 6.20 Å². The summed E-state index contributed by atoms with van der Waals surface area (Å²) in [5.74, 6) is 0.831. The van der Waals surface area contributed by atoms with Gasteiger partial charge in [-0.15, -0.1) is 5.10 Å². The zero-order valence-corrected chi connectivity index (χ0v) is 11.7. The van der Waals surface area contributed by atoms with Crippen LogP contribution in [-0.2, 0) is 0 Å².